The number of nitrogens with one attached hydrogen (secondary N) is 1. The molecule has 1 aliphatic heterocycles. The van der Waals surface area contributed by atoms with Gasteiger partial charge in [-0.05, 0) is 38.6 Å². The molecule has 0 saturated carbocycles. The minimum absolute atomic E-state index is 0.586. The van der Waals surface area contributed by atoms with Crippen LogP contribution in [0.25, 0.3) is 0 Å². The summed E-state index contributed by atoms with van der Waals surface area (Å²) >= 11 is 0. The van der Waals surface area contributed by atoms with E-state index in [9.17, 15) is 0 Å². The first-order valence-electron chi connectivity index (χ1n) is 7.68. The van der Waals surface area contributed by atoms with Crippen LogP contribution in [0.1, 0.15) is 12.0 Å². The minimum Gasteiger partial charge on any atom is -0.352 e. The summed E-state index contributed by atoms with van der Waals surface area (Å²) in [5, 5.41) is 11.4. The number of rotatable bonds is 5. The summed E-state index contributed by atoms with van der Waals surface area (Å²) in [5.41, 5.74) is 2.60. The van der Waals surface area contributed by atoms with Crippen LogP contribution in [0.15, 0.2) is 30.5 Å². The van der Waals surface area contributed by atoms with Crippen molar-refractivity contribution in [1.29, 1.82) is 0 Å². The third kappa shape index (κ3) is 3.33. The van der Waals surface area contributed by atoms with Crippen molar-refractivity contribution in [3.05, 3.63) is 36.0 Å². The Kier molecular flexibility index (Phi) is 4.48. The SMILES string of the molecule is CN(C)CCNc1nncc(N2CCCc3ccccc32)n1. The fourth-order valence-electron chi connectivity index (χ4n) is 2.66. The molecule has 1 N–H and O–H groups in total. The van der Waals surface area contributed by atoms with E-state index in [0.29, 0.717) is 5.95 Å². The van der Waals surface area contributed by atoms with Crippen LogP contribution in [0.5, 0.6) is 0 Å². The molecule has 116 valence electrons. The van der Waals surface area contributed by atoms with Crippen LogP contribution in [0.3, 0.4) is 0 Å². The van der Waals surface area contributed by atoms with Gasteiger partial charge in [0.2, 0.25) is 5.95 Å². The van der Waals surface area contributed by atoms with Crippen molar-refractivity contribution in [2.24, 2.45) is 0 Å². The number of benzene rings is 1. The number of anilines is 3. The van der Waals surface area contributed by atoms with Gasteiger partial charge in [-0.1, -0.05) is 18.2 Å². The Morgan fingerprint density at radius 2 is 2.14 bits per heavy atom. The van der Waals surface area contributed by atoms with E-state index in [4.69, 9.17) is 0 Å². The Balaban J connectivity index is 1.78. The molecule has 2 aromatic rings. The lowest BCUT2D eigenvalue weighted by molar-refractivity contribution is 0.425. The van der Waals surface area contributed by atoms with Crippen LogP contribution in [0, 0.1) is 0 Å². The highest BCUT2D eigenvalue weighted by Gasteiger charge is 2.19. The van der Waals surface area contributed by atoms with E-state index in [0.717, 1.165) is 38.3 Å². The highest BCUT2D eigenvalue weighted by Crippen LogP contribution is 2.31. The number of likely N-dealkylation sites (N-methyl/N-ethyl adjacent to an activating group) is 1. The first-order chi connectivity index (χ1) is 10.7. The fraction of sp³-hybridized carbons (Fsp3) is 0.438. The number of aromatic nitrogens is 3. The van der Waals surface area contributed by atoms with Gasteiger partial charge in [0, 0.05) is 25.3 Å². The summed E-state index contributed by atoms with van der Waals surface area (Å²) < 4.78 is 0. The maximum Gasteiger partial charge on any atom is 0.244 e. The third-order valence-corrected chi connectivity index (χ3v) is 3.78. The van der Waals surface area contributed by atoms with Gasteiger partial charge in [-0.25, -0.2) is 0 Å². The van der Waals surface area contributed by atoms with E-state index in [1.165, 1.54) is 11.3 Å². The molecule has 0 saturated heterocycles. The number of para-hydroxylation sites is 1. The largest absolute Gasteiger partial charge is 0.352 e. The predicted octanol–water partition coefficient (Wildman–Crippen LogP) is 1.93. The Morgan fingerprint density at radius 1 is 1.27 bits per heavy atom. The van der Waals surface area contributed by atoms with Crippen LogP contribution in [0.2, 0.25) is 0 Å². The second-order valence-electron chi connectivity index (χ2n) is 5.75. The first kappa shape index (κ1) is 14.7. The van der Waals surface area contributed by atoms with Gasteiger partial charge >= 0.3 is 0 Å². The molecule has 22 heavy (non-hydrogen) atoms. The van der Waals surface area contributed by atoms with Crippen LogP contribution in [-0.2, 0) is 6.42 Å². The summed E-state index contributed by atoms with van der Waals surface area (Å²) in [6, 6.07) is 8.50. The van der Waals surface area contributed by atoms with Crippen molar-refractivity contribution in [2.75, 3.05) is 43.9 Å². The molecule has 1 aromatic carbocycles. The standard InChI is InChI=1S/C16H22N6/c1-21(2)11-9-17-16-19-15(12-18-20-16)22-10-5-7-13-6-3-4-8-14(13)22/h3-4,6,8,12H,5,7,9-11H2,1-2H3,(H,17,19,20). The summed E-state index contributed by atoms with van der Waals surface area (Å²) in [4.78, 5) is 8.96. The summed E-state index contributed by atoms with van der Waals surface area (Å²) in [5.74, 6) is 1.44. The van der Waals surface area contributed by atoms with Gasteiger partial charge < -0.3 is 15.1 Å². The predicted molar refractivity (Wildman–Crippen MR) is 88.6 cm³/mol. The van der Waals surface area contributed by atoms with Crippen LogP contribution < -0.4 is 10.2 Å². The van der Waals surface area contributed by atoms with Crippen LogP contribution >= 0.6 is 0 Å². The highest BCUT2D eigenvalue weighted by atomic mass is 15.3. The average Bonchev–Trinajstić information content (AvgIpc) is 2.54. The molecule has 0 unspecified atom stereocenters. The topological polar surface area (TPSA) is 57.2 Å². The minimum atomic E-state index is 0.586. The first-order valence-corrected chi connectivity index (χ1v) is 7.68. The number of hydrogen-bond donors (Lipinski definition) is 1. The second kappa shape index (κ2) is 6.70. The fourth-order valence-corrected chi connectivity index (χ4v) is 2.66. The van der Waals surface area contributed by atoms with Crippen molar-refractivity contribution < 1.29 is 0 Å². The zero-order valence-corrected chi connectivity index (χ0v) is 13.2. The number of nitrogens with zero attached hydrogens (tertiary/aromatic N) is 5. The molecule has 6 nitrogen and oxygen atoms in total. The lowest BCUT2D eigenvalue weighted by Gasteiger charge is -2.30. The second-order valence-corrected chi connectivity index (χ2v) is 5.75. The molecule has 0 radical (unpaired) electrons. The Hall–Kier alpha value is -2.21. The van der Waals surface area contributed by atoms with Crippen LogP contribution in [0.4, 0.5) is 17.5 Å². The molecule has 1 aliphatic rings. The molecular weight excluding hydrogens is 276 g/mol. The van der Waals surface area contributed by atoms with E-state index < -0.39 is 0 Å². The van der Waals surface area contributed by atoms with E-state index in [-0.39, 0.29) is 0 Å². The van der Waals surface area contributed by atoms with Gasteiger partial charge in [0.15, 0.2) is 5.82 Å². The maximum absolute atomic E-state index is 4.61. The zero-order valence-electron chi connectivity index (χ0n) is 13.2. The molecule has 0 atom stereocenters. The number of hydrogen-bond acceptors (Lipinski definition) is 6. The van der Waals surface area contributed by atoms with Gasteiger partial charge in [0.25, 0.3) is 0 Å². The van der Waals surface area contributed by atoms with Gasteiger partial charge in [-0.2, -0.15) is 10.1 Å². The lowest BCUT2D eigenvalue weighted by atomic mass is 10.0. The van der Waals surface area contributed by atoms with Crippen molar-refractivity contribution in [1.82, 2.24) is 20.1 Å². The summed E-state index contributed by atoms with van der Waals surface area (Å²) in [6.45, 7) is 2.70. The summed E-state index contributed by atoms with van der Waals surface area (Å²) in [6.07, 6.45) is 3.99. The van der Waals surface area contributed by atoms with E-state index in [1.807, 2.05) is 14.1 Å². The Bertz CT molecular complexity index is 628. The third-order valence-electron chi connectivity index (χ3n) is 3.78. The Labute approximate surface area is 131 Å². The molecule has 3 rings (SSSR count). The normalized spacial score (nSPS) is 14.0. The quantitative estimate of drug-likeness (QED) is 0.910. The van der Waals surface area contributed by atoms with Crippen molar-refractivity contribution >= 4 is 17.5 Å². The molecule has 1 aromatic heterocycles. The van der Waals surface area contributed by atoms with Gasteiger partial charge in [0.1, 0.15) is 0 Å². The maximum atomic E-state index is 4.61. The van der Waals surface area contributed by atoms with E-state index >= 15 is 0 Å². The zero-order chi connectivity index (χ0) is 15.4. The van der Waals surface area contributed by atoms with Crippen molar-refractivity contribution in [3.8, 4) is 0 Å². The Morgan fingerprint density at radius 3 is 3.00 bits per heavy atom. The highest BCUT2D eigenvalue weighted by molar-refractivity contribution is 5.65. The van der Waals surface area contributed by atoms with Gasteiger partial charge in [-0.15, -0.1) is 5.10 Å². The van der Waals surface area contributed by atoms with Crippen molar-refractivity contribution in [2.45, 2.75) is 12.8 Å². The lowest BCUT2D eigenvalue weighted by Crippen LogP contribution is -2.26. The molecule has 0 spiro atoms. The van der Waals surface area contributed by atoms with Gasteiger partial charge in [0.05, 0.1) is 6.20 Å². The molecule has 6 heteroatoms. The average molecular weight is 298 g/mol. The number of fused-ring (bicyclic) bond motifs is 1. The molecule has 2 heterocycles. The van der Waals surface area contributed by atoms with E-state index in [2.05, 4.69) is 54.6 Å². The van der Waals surface area contributed by atoms with E-state index in [1.54, 1.807) is 6.20 Å². The molecule has 0 aliphatic carbocycles. The smallest absolute Gasteiger partial charge is 0.244 e. The number of aryl methyl sites for hydroxylation is 1. The van der Waals surface area contributed by atoms with Gasteiger partial charge in [-0.3, -0.25) is 0 Å². The summed E-state index contributed by atoms with van der Waals surface area (Å²) in [7, 11) is 4.09. The molecule has 0 amide bonds. The van der Waals surface area contributed by atoms with Crippen molar-refractivity contribution in [3.63, 3.8) is 0 Å². The molecule has 0 bridgehead atoms. The monoisotopic (exact) mass is 298 g/mol. The van der Waals surface area contributed by atoms with Crippen LogP contribution in [-0.4, -0.2) is 53.8 Å². The molecular formula is C16H22N6. The molecule has 0 fully saturated rings.